The van der Waals surface area contributed by atoms with Crippen LogP contribution in [0.2, 0.25) is 0 Å². The van der Waals surface area contributed by atoms with Gasteiger partial charge >= 0.3 is 0 Å². The average Bonchev–Trinajstić information content (AvgIpc) is 3.37. The minimum Gasteiger partial charge on any atom is -0.489 e. The Kier molecular flexibility index (Phi) is 2.83. The van der Waals surface area contributed by atoms with Gasteiger partial charge in [0.05, 0.1) is 11.3 Å². The van der Waals surface area contributed by atoms with E-state index < -0.39 is 0 Å². The first kappa shape index (κ1) is 12.1. The van der Waals surface area contributed by atoms with Gasteiger partial charge in [0.15, 0.2) is 5.75 Å². The standard InChI is InChI=1S/C16H20N2O2/c19-16(18-14(10-4-5-10)11-6-7-11)12-2-1-3-13-15(12)20-9-8-17-13/h1-3,10-11,14,17H,4-9H2,(H,18,19). The van der Waals surface area contributed by atoms with Gasteiger partial charge in [-0.15, -0.1) is 0 Å². The fourth-order valence-electron chi connectivity index (χ4n) is 3.11. The molecule has 0 radical (unpaired) electrons. The average molecular weight is 272 g/mol. The van der Waals surface area contributed by atoms with Gasteiger partial charge in [-0.1, -0.05) is 6.07 Å². The molecule has 2 N–H and O–H groups in total. The third-order valence-corrected chi connectivity index (χ3v) is 4.48. The number of carbonyl (C=O) groups excluding carboxylic acids is 1. The Hall–Kier alpha value is -1.71. The number of amides is 1. The minimum absolute atomic E-state index is 0.0225. The molecule has 0 saturated heterocycles. The van der Waals surface area contributed by atoms with E-state index in [1.165, 1.54) is 25.7 Å². The van der Waals surface area contributed by atoms with Crippen LogP contribution < -0.4 is 15.4 Å². The van der Waals surface area contributed by atoms with E-state index >= 15 is 0 Å². The Morgan fingerprint density at radius 3 is 2.70 bits per heavy atom. The zero-order valence-electron chi connectivity index (χ0n) is 11.5. The largest absolute Gasteiger partial charge is 0.489 e. The summed E-state index contributed by atoms with van der Waals surface area (Å²) < 4.78 is 5.69. The van der Waals surface area contributed by atoms with Gasteiger partial charge in [0.2, 0.25) is 0 Å². The van der Waals surface area contributed by atoms with Crippen LogP contribution in [0.15, 0.2) is 18.2 Å². The van der Waals surface area contributed by atoms with Gasteiger partial charge in [-0.05, 0) is 49.7 Å². The fraction of sp³-hybridized carbons (Fsp3) is 0.562. The van der Waals surface area contributed by atoms with Crippen LogP contribution in [0, 0.1) is 11.8 Å². The molecule has 0 atom stereocenters. The molecule has 1 heterocycles. The summed E-state index contributed by atoms with van der Waals surface area (Å²) in [5, 5.41) is 6.54. The van der Waals surface area contributed by atoms with Crippen LogP contribution in [0.4, 0.5) is 5.69 Å². The molecule has 1 aromatic rings. The van der Waals surface area contributed by atoms with Gasteiger partial charge in [0, 0.05) is 12.6 Å². The van der Waals surface area contributed by atoms with Crippen LogP contribution in [0.5, 0.6) is 5.75 Å². The van der Waals surface area contributed by atoms with Gasteiger partial charge in [-0.3, -0.25) is 4.79 Å². The zero-order chi connectivity index (χ0) is 13.5. The molecule has 4 heteroatoms. The molecule has 1 amide bonds. The summed E-state index contributed by atoms with van der Waals surface area (Å²) in [6, 6.07) is 6.12. The second-order valence-electron chi connectivity index (χ2n) is 6.13. The van der Waals surface area contributed by atoms with E-state index in [-0.39, 0.29) is 5.91 Å². The highest BCUT2D eigenvalue weighted by atomic mass is 16.5. The molecule has 0 aromatic heterocycles. The summed E-state index contributed by atoms with van der Waals surface area (Å²) in [4.78, 5) is 12.6. The highest BCUT2D eigenvalue weighted by Gasteiger charge is 2.42. The van der Waals surface area contributed by atoms with Crippen molar-refractivity contribution in [2.75, 3.05) is 18.5 Å². The molecule has 4 rings (SSSR count). The highest BCUT2D eigenvalue weighted by Crippen LogP contribution is 2.44. The fourth-order valence-corrected chi connectivity index (χ4v) is 3.11. The van der Waals surface area contributed by atoms with Crippen LogP contribution in [0.1, 0.15) is 36.0 Å². The predicted molar refractivity (Wildman–Crippen MR) is 77.1 cm³/mol. The number of anilines is 1. The van der Waals surface area contributed by atoms with E-state index in [0.717, 1.165) is 12.2 Å². The molecule has 1 aliphatic heterocycles. The van der Waals surface area contributed by atoms with Crippen molar-refractivity contribution in [3.63, 3.8) is 0 Å². The topological polar surface area (TPSA) is 50.4 Å². The lowest BCUT2D eigenvalue weighted by molar-refractivity contribution is 0.0922. The number of para-hydroxylation sites is 1. The van der Waals surface area contributed by atoms with E-state index in [9.17, 15) is 4.79 Å². The Morgan fingerprint density at radius 1 is 1.25 bits per heavy atom. The number of fused-ring (bicyclic) bond motifs is 1. The second-order valence-corrected chi connectivity index (χ2v) is 6.13. The van der Waals surface area contributed by atoms with E-state index in [0.29, 0.717) is 35.8 Å². The molecule has 2 saturated carbocycles. The summed E-state index contributed by atoms with van der Waals surface area (Å²) in [6.07, 6.45) is 5.08. The molecule has 0 unspecified atom stereocenters. The quantitative estimate of drug-likeness (QED) is 0.885. The first-order valence-corrected chi connectivity index (χ1v) is 7.63. The SMILES string of the molecule is O=C(NC(C1CC1)C1CC1)c1cccc2c1OCCN2. The normalized spacial score (nSPS) is 20.9. The molecular formula is C16H20N2O2. The number of hydrogen-bond acceptors (Lipinski definition) is 3. The van der Waals surface area contributed by atoms with Gasteiger partial charge in [0.25, 0.3) is 5.91 Å². The van der Waals surface area contributed by atoms with Crippen molar-refractivity contribution in [3.05, 3.63) is 23.8 Å². The molecule has 4 nitrogen and oxygen atoms in total. The third-order valence-electron chi connectivity index (χ3n) is 4.48. The summed E-state index contributed by atoms with van der Waals surface area (Å²) in [6.45, 7) is 1.41. The van der Waals surface area contributed by atoms with Gasteiger partial charge in [-0.25, -0.2) is 0 Å². The van der Waals surface area contributed by atoms with Crippen molar-refractivity contribution in [1.82, 2.24) is 5.32 Å². The molecule has 20 heavy (non-hydrogen) atoms. The predicted octanol–water partition coefficient (Wildman–Crippen LogP) is 2.41. The molecular weight excluding hydrogens is 252 g/mol. The van der Waals surface area contributed by atoms with Crippen molar-refractivity contribution in [3.8, 4) is 5.75 Å². The Balaban J connectivity index is 1.55. The molecule has 1 aromatic carbocycles. The first-order valence-electron chi connectivity index (χ1n) is 7.63. The number of ether oxygens (including phenoxy) is 1. The van der Waals surface area contributed by atoms with Crippen molar-refractivity contribution in [2.45, 2.75) is 31.7 Å². The molecule has 2 aliphatic carbocycles. The lowest BCUT2D eigenvalue weighted by atomic mass is 10.1. The van der Waals surface area contributed by atoms with E-state index in [4.69, 9.17) is 4.74 Å². The van der Waals surface area contributed by atoms with Gasteiger partial charge in [-0.2, -0.15) is 0 Å². The molecule has 0 bridgehead atoms. The summed E-state index contributed by atoms with van der Waals surface area (Å²) >= 11 is 0. The maximum atomic E-state index is 12.6. The van der Waals surface area contributed by atoms with Crippen LogP contribution in [-0.4, -0.2) is 25.1 Å². The van der Waals surface area contributed by atoms with Crippen LogP contribution in [0.3, 0.4) is 0 Å². The van der Waals surface area contributed by atoms with Crippen LogP contribution >= 0.6 is 0 Å². The lowest BCUT2D eigenvalue weighted by Crippen LogP contribution is -2.38. The molecule has 106 valence electrons. The monoisotopic (exact) mass is 272 g/mol. The van der Waals surface area contributed by atoms with Gasteiger partial charge < -0.3 is 15.4 Å². The third kappa shape index (κ3) is 2.23. The van der Waals surface area contributed by atoms with E-state index in [1.807, 2.05) is 18.2 Å². The van der Waals surface area contributed by atoms with Crippen LogP contribution in [-0.2, 0) is 0 Å². The van der Waals surface area contributed by atoms with Crippen molar-refractivity contribution < 1.29 is 9.53 Å². The second kappa shape index (κ2) is 4.69. The summed E-state index contributed by atoms with van der Waals surface area (Å²) in [5.41, 5.74) is 1.60. The summed E-state index contributed by atoms with van der Waals surface area (Å²) in [5.74, 6) is 2.16. The Labute approximate surface area is 118 Å². The minimum atomic E-state index is 0.0225. The number of hydrogen-bond donors (Lipinski definition) is 2. The van der Waals surface area contributed by atoms with Crippen molar-refractivity contribution >= 4 is 11.6 Å². The van der Waals surface area contributed by atoms with Crippen molar-refractivity contribution in [1.29, 1.82) is 0 Å². The van der Waals surface area contributed by atoms with E-state index in [1.54, 1.807) is 0 Å². The maximum Gasteiger partial charge on any atom is 0.255 e. The van der Waals surface area contributed by atoms with Crippen molar-refractivity contribution in [2.24, 2.45) is 11.8 Å². The first-order chi connectivity index (χ1) is 9.83. The zero-order valence-corrected chi connectivity index (χ0v) is 11.5. The van der Waals surface area contributed by atoms with E-state index in [2.05, 4.69) is 10.6 Å². The molecule has 2 fully saturated rings. The number of benzene rings is 1. The molecule has 0 spiro atoms. The molecule has 3 aliphatic rings. The van der Waals surface area contributed by atoms with Gasteiger partial charge in [0.1, 0.15) is 6.61 Å². The number of carbonyl (C=O) groups is 1. The Bertz CT molecular complexity index is 523. The lowest BCUT2D eigenvalue weighted by Gasteiger charge is -2.23. The number of rotatable bonds is 4. The Morgan fingerprint density at radius 2 is 2.00 bits per heavy atom. The van der Waals surface area contributed by atoms with Crippen LogP contribution in [0.25, 0.3) is 0 Å². The summed E-state index contributed by atoms with van der Waals surface area (Å²) in [7, 11) is 0. The maximum absolute atomic E-state index is 12.6. The smallest absolute Gasteiger partial charge is 0.255 e. The highest BCUT2D eigenvalue weighted by molar-refractivity contribution is 5.99. The number of nitrogens with one attached hydrogen (secondary N) is 2.